The van der Waals surface area contributed by atoms with Crippen LogP contribution < -0.4 is 21.0 Å². The van der Waals surface area contributed by atoms with Crippen molar-refractivity contribution in [2.24, 2.45) is 5.10 Å². The maximum atomic E-state index is 12.5. The zero-order valence-corrected chi connectivity index (χ0v) is 20.6. The molecule has 0 unspecified atom stereocenters. The summed E-state index contributed by atoms with van der Waals surface area (Å²) in [6, 6.07) is 5.20. The second kappa shape index (κ2) is 10.5. The molecule has 0 saturated carbocycles. The van der Waals surface area contributed by atoms with Crippen LogP contribution in [0.15, 0.2) is 29.4 Å². The Kier molecular flexibility index (Phi) is 7.71. The van der Waals surface area contributed by atoms with E-state index in [4.69, 9.17) is 10.8 Å². The summed E-state index contributed by atoms with van der Waals surface area (Å²) in [4.78, 5) is 49.4. The first-order valence-corrected chi connectivity index (χ1v) is 11.3. The molecule has 1 atom stereocenters. The lowest BCUT2D eigenvalue weighted by atomic mass is 9.99. The number of anilines is 3. The van der Waals surface area contributed by atoms with Crippen LogP contribution >= 0.6 is 0 Å². The fraction of sp³-hybridized carbons (Fsp3) is 0.435. The molecule has 1 amide bonds. The Bertz CT molecular complexity index is 1180. The fourth-order valence-electron chi connectivity index (χ4n) is 3.89. The van der Waals surface area contributed by atoms with Gasteiger partial charge >= 0.3 is 11.9 Å². The molecular weight excluding hydrogens is 468 g/mol. The van der Waals surface area contributed by atoms with Crippen molar-refractivity contribution in [1.29, 1.82) is 0 Å². The van der Waals surface area contributed by atoms with Crippen LogP contribution in [0.4, 0.5) is 17.6 Å². The molecule has 0 radical (unpaired) electrons. The van der Waals surface area contributed by atoms with E-state index in [0.717, 1.165) is 17.8 Å². The minimum atomic E-state index is -1.30. The summed E-state index contributed by atoms with van der Waals surface area (Å²) in [6.45, 7) is 6.34. The highest BCUT2D eigenvalue weighted by Gasteiger charge is 2.35. The van der Waals surface area contributed by atoms with E-state index >= 15 is 0 Å². The van der Waals surface area contributed by atoms with Gasteiger partial charge in [0.15, 0.2) is 5.82 Å². The number of carbonyl (C=O) groups excluding carboxylic acids is 1. The van der Waals surface area contributed by atoms with Crippen LogP contribution in [0, 0.1) is 0 Å². The van der Waals surface area contributed by atoms with Gasteiger partial charge in [-0.25, -0.2) is 9.80 Å². The number of amides is 1. The second-order valence-electron chi connectivity index (χ2n) is 9.25. The summed E-state index contributed by atoms with van der Waals surface area (Å²) in [7, 11) is 1.82. The molecule has 13 heteroatoms. The molecule has 192 valence electrons. The van der Waals surface area contributed by atoms with Crippen molar-refractivity contribution in [2.45, 2.75) is 58.2 Å². The van der Waals surface area contributed by atoms with Gasteiger partial charge in [0.2, 0.25) is 5.95 Å². The topological polar surface area (TPSA) is 187 Å². The number of nitrogens with zero attached hydrogens (tertiary/aromatic N) is 6. The van der Waals surface area contributed by atoms with E-state index in [1.165, 1.54) is 0 Å². The summed E-state index contributed by atoms with van der Waals surface area (Å²) in [5, 5.41) is 26.6. The van der Waals surface area contributed by atoms with E-state index in [9.17, 15) is 19.5 Å². The van der Waals surface area contributed by atoms with E-state index in [1.54, 1.807) is 29.3 Å². The molecule has 1 aromatic heterocycles. The van der Waals surface area contributed by atoms with Crippen molar-refractivity contribution in [3.05, 3.63) is 35.7 Å². The average Bonchev–Trinajstić information content (AvgIpc) is 3.07. The number of rotatable bonds is 10. The monoisotopic (exact) mass is 498 g/mol. The standard InChI is InChI=1S/C23H30N8O5/c1-13-11-23(2,3)31(29-13)22-27-17(26-21(24)28-22)12-30(4)15-7-5-14(6-8-15)19(34)25-16(20(35)36)9-10-18(32)33/h5-8,16H,9-12H2,1-4H3,(H,25,34)(H,32,33)(H,35,36)(H2,24,26,27,28)/t16-/m0/s1. The van der Waals surface area contributed by atoms with E-state index in [0.29, 0.717) is 18.3 Å². The summed E-state index contributed by atoms with van der Waals surface area (Å²) >= 11 is 0. The van der Waals surface area contributed by atoms with Crippen molar-refractivity contribution in [1.82, 2.24) is 20.3 Å². The summed E-state index contributed by atoms with van der Waals surface area (Å²) in [5.41, 5.74) is 7.62. The lowest BCUT2D eigenvalue weighted by Crippen LogP contribution is -2.41. The number of carbonyl (C=O) groups is 3. The SMILES string of the molecule is CC1=NN(c2nc(N)nc(CN(C)c3ccc(C(=O)N[C@@H](CCC(=O)O)C(=O)O)cc3)n2)C(C)(C)C1. The summed E-state index contributed by atoms with van der Waals surface area (Å²) in [6.07, 6.45) is 0.194. The van der Waals surface area contributed by atoms with Crippen molar-refractivity contribution >= 4 is 41.1 Å². The smallest absolute Gasteiger partial charge is 0.326 e. The van der Waals surface area contributed by atoms with Crippen molar-refractivity contribution in [2.75, 3.05) is 22.7 Å². The Balaban J connectivity index is 1.69. The van der Waals surface area contributed by atoms with Gasteiger partial charge in [-0.05, 0) is 51.5 Å². The van der Waals surface area contributed by atoms with Gasteiger partial charge in [-0.2, -0.15) is 20.1 Å². The number of nitrogens with one attached hydrogen (secondary N) is 1. The normalized spacial score (nSPS) is 15.2. The molecule has 3 rings (SSSR count). The van der Waals surface area contributed by atoms with Crippen LogP contribution in [-0.2, 0) is 16.1 Å². The van der Waals surface area contributed by atoms with Crippen LogP contribution in [0.25, 0.3) is 0 Å². The molecule has 0 spiro atoms. The maximum Gasteiger partial charge on any atom is 0.326 e. The van der Waals surface area contributed by atoms with Crippen LogP contribution in [0.2, 0.25) is 0 Å². The van der Waals surface area contributed by atoms with Crippen LogP contribution in [0.3, 0.4) is 0 Å². The van der Waals surface area contributed by atoms with Crippen molar-refractivity contribution < 1.29 is 24.6 Å². The van der Waals surface area contributed by atoms with Crippen molar-refractivity contribution in [3.8, 4) is 0 Å². The van der Waals surface area contributed by atoms with E-state index in [1.807, 2.05) is 32.7 Å². The number of aromatic nitrogens is 3. The Morgan fingerprint density at radius 1 is 1.17 bits per heavy atom. The third kappa shape index (κ3) is 6.43. The number of hydrogen-bond acceptors (Lipinski definition) is 10. The highest BCUT2D eigenvalue weighted by atomic mass is 16.4. The maximum absolute atomic E-state index is 12.5. The molecule has 0 aliphatic carbocycles. The van der Waals surface area contributed by atoms with Gasteiger partial charge < -0.3 is 26.2 Å². The molecule has 2 aromatic rings. The van der Waals surface area contributed by atoms with Gasteiger partial charge in [0.25, 0.3) is 11.9 Å². The molecule has 1 aliphatic heterocycles. The molecule has 13 nitrogen and oxygen atoms in total. The number of carboxylic acids is 2. The largest absolute Gasteiger partial charge is 0.481 e. The lowest BCUT2D eigenvalue weighted by molar-refractivity contribution is -0.140. The highest BCUT2D eigenvalue weighted by molar-refractivity contribution is 5.97. The van der Waals surface area contributed by atoms with E-state index in [-0.39, 0.29) is 29.9 Å². The minimum absolute atomic E-state index is 0.0851. The Hall–Kier alpha value is -4.29. The van der Waals surface area contributed by atoms with Crippen LogP contribution in [0.1, 0.15) is 56.2 Å². The predicted octanol–water partition coefficient (Wildman–Crippen LogP) is 1.50. The number of aliphatic carboxylic acids is 2. The lowest BCUT2D eigenvalue weighted by Gasteiger charge is -2.28. The van der Waals surface area contributed by atoms with Gasteiger partial charge in [-0.3, -0.25) is 9.59 Å². The average molecular weight is 499 g/mol. The molecule has 0 fully saturated rings. The number of hydrogen-bond donors (Lipinski definition) is 4. The van der Waals surface area contributed by atoms with Crippen LogP contribution in [0.5, 0.6) is 0 Å². The van der Waals surface area contributed by atoms with Gasteiger partial charge in [-0.15, -0.1) is 0 Å². The summed E-state index contributed by atoms with van der Waals surface area (Å²) < 4.78 is 0. The first-order chi connectivity index (χ1) is 16.9. The van der Waals surface area contributed by atoms with Gasteiger partial charge in [-0.1, -0.05) is 0 Å². The number of nitrogens with two attached hydrogens (primary N) is 1. The molecule has 36 heavy (non-hydrogen) atoms. The van der Waals surface area contributed by atoms with E-state index < -0.39 is 23.9 Å². The minimum Gasteiger partial charge on any atom is -0.481 e. The molecular formula is C23H30N8O5. The predicted molar refractivity (Wildman–Crippen MR) is 133 cm³/mol. The zero-order chi connectivity index (χ0) is 26.6. The zero-order valence-electron chi connectivity index (χ0n) is 20.6. The molecule has 0 saturated heterocycles. The Labute approximate surface area is 208 Å². The molecule has 0 bridgehead atoms. The summed E-state index contributed by atoms with van der Waals surface area (Å²) in [5.74, 6) is -2.14. The number of hydrazone groups is 1. The molecule has 5 N–H and O–H groups in total. The Morgan fingerprint density at radius 2 is 1.83 bits per heavy atom. The third-order valence-corrected chi connectivity index (χ3v) is 5.61. The van der Waals surface area contributed by atoms with Gasteiger partial charge in [0.1, 0.15) is 6.04 Å². The molecule has 1 aliphatic rings. The number of nitrogen functional groups attached to an aromatic ring is 1. The fourth-order valence-corrected chi connectivity index (χ4v) is 3.89. The van der Waals surface area contributed by atoms with Gasteiger partial charge in [0, 0.05) is 36.9 Å². The molecule has 2 heterocycles. The Morgan fingerprint density at radius 3 is 2.39 bits per heavy atom. The third-order valence-electron chi connectivity index (χ3n) is 5.61. The highest BCUT2D eigenvalue weighted by Crippen LogP contribution is 2.30. The van der Waals surface area contributed by atoms with E-state index in [2.05, 4.69) is 25.4 Å². The van der Waals surface area contributed by atoms with Crippen molar-refractivity contribution in [3.63, 3.8) is 0 Å². The van der Waals surface area contributed by atoms with Crippen LogP contribution in [-0.4, -0.2) is 67.4 Å². The number of benzene rings is 1. The number of carboxylic acid groups (broad SMARTS) is 2. The molecule has 1 aromatic carbocycles. The second-order valence-corrected chi connectivity index (χ2v) is 9.25. The first kappa shape index (κ1) is 26.3. The quantitative estimate of drug-likeness (QED) is 0.372. The van der Waals surface area contributed by atoms with Gasteiger partial charge in [0.05, 0.1) is 12.1 Å². The first-order valence-electron chi connectivity index (χ1n) is 11.3.